The molecule has 0 saturated heterocycles. The van der Waals surface area contributed by atoms with Gasteiger partial charge in [-0.25, -0.2) is 15.0 Å². The molecule has 0 aliphatic carbocycles. The number of aromatic nitrogens is 5. The Balaban J connectivity index is 1.87. The Morgan fingerprint density at radius 2 is 2.00 bits per heavy atom. The Kier molecular flexibility index (Phi) is 5.27. The van der Waals surface area contributed by atoms with E-state index in [1.165, 1.54) is 0 Å². The van der Waals surface area contributed by atoms with Gasteiger partial charge in [-0.15, -0.1) is 0 Å². The third-order valence-corrected chi connectivity index (χ3v) is 4.70. The van der Waals surface area contributed by atoms with Gasteiger partial charge < -0.3 is 10.3 Å². The van der Waals surface area contributed by atoms with Gasteiger partial charge in [-0.3, -0.25) is 9.78 Å². The molecule has 146 valence electrons. The van der Waals surface area contributed by atoms with Crippen LogP contribution in [0.25, 0.3) is 17.1 Å². The van der Waals surface area contributed by atoms with Gasteiger partial charge >= 0.3 is 0 Å². The number of primary amides is 1. The SMILES string of the molecule is Cc1nc2cnc(Cc3ccnc(/C=C/C(C)(C)C(N)=O)n3)cc2n1C(C)C. The smallest absolute Gasteiger partial charge is 0.226 e. The number of aryl methyl sites for hydroxylation is 1. The van der Waals surface area contributed by atoms with E-state index in [4.69, 9.17) is 5.73 Å². The number of hydrogen-bond acceptors (Lipinski definition) is 5. The number of fused-ring (bicyclic) bond motifs is 1. The number of carbonyl (C=O) groups is 1. The van der Waals surface area contributed by atoms with Crippen molar-refractivity contribution in [3.63, 3.8) is 0 Å². The van der Waals surface area contributed by atoms with Crippen LogP contribution in [0, 0.1) is 12.3 Å². The van der Waals surface area contributed by atoms with Crippen LogP contribution >= 0.6 is 0 Å². The van der Waals surface area contributed by atoms with Crippen LogP contribution < -0.4 is 5.73 Å². The van der Waals surface area contributed by atoms with Crippen LogP contribution in [0.4, 0.5) is 0 Å². The van der Waals surface area contributed by atoms with Gasteiger partial charge in [-0.2, -0.15) is 0 Å². The van der Waals surface area contributed by atoms with Crippen molar-refractivity contribution in [1.82, 2.24) is 24.5 Å². The van der Waals surface area contributed by atoms with Gasteiger partial charge in [0.1, 0.15) is 11.3 Å². The van der Waals surface area contributed by atoms with E-state index in [-0.39, 0.29) is 0 Å². The third kappa shape index (κ3) is 4.08. The number of pyridine rings is 1. The topological polar surface area (TPSA) is 99.6 Å². The second kappa shape index (κ2) is 7.50. The van der Waals surface area contributed by atoms with Gasteiger partial charge in [0.15, 0.2) is 5.82 Å². The first kappa shape index (κ1) is 19.7. The predicted molar refractivity (Wildman–Crippen MR) is 109 cm³/mol. The van der Waals surface area contributed by atoms with Crippen LogP contribution in [0.2, 0.25) is 0 Å². The number of imidazole rings is 1. The van der Waals surface area contributed by atoms with Crippen molar-refractivity contribution < 1.29 is 4.79 Å². The second-order valence-corrected chi connectivity index (χ2v) is 7.79. The molecule has 0 saturated carbocycles. The van der Waals surface area contributed by atoms with E-state index < -0.39 is 11.3 Å². The van der Waals surface area contributed by atoms with Crippen LogP contribution in [0.1, 0.15) is 56.8 Å². The normalized spacial score (nSPS) is 12.4. The Labute approximate surface area is 164 Å². The Morgan fingerprint density at radius 1 is 1.25 bits per heavy atom. The maximum absolute atomic E-state index is 11.4. The van der Waals surface area contributed by atoms with E-state index in [9.17, 15) is 4.79 Å². The molecule has 3 heterocycles. The van der Waals surface area contributed by atoms with Crippen molar-refractivity contribution in [2.45, 2.75) is 47.1 Å². The summed E-state index contributed by atoms with van der Waals surface area (Å²) in [5, 5.41) is 0. The average Bonchev–Trinajstić information content (AvgIpc) is 2.95. The summed E-state index contributed by atoms with van der Waals surface area (Å²) < 4.78 is 2.21. The number of nitrogens with zero attached hydrogens (tertiary/aromatic N) is 5. The van der Waals surface area contributed by atoms with Crippen LogP contribution in [0.3, 0.4) is 0 Å². The quantitative estimate of drug-likeness (QED) is 0.710. The van der Waals surface area contributed by atoms with Gasteiger partial charge in [-0.05, 0) is 52.8 Å². The fraction of sp³-hybridized carbons (Fsp3) is 0.381. The highest BCUT2D eigenvalue weighted by Gasteiger charge is 2.20. The zero-order chi connectivity index (χ0) is 20.5. The molecule has 28 heavy (non-hydrogen) atoms. The van der Waals surface area contributed by atoms with E-state index in [0.29, 0.717) is 18.3 Å². The summed E-state index contributed by atoms with van der Waals surface area (Å²) in [5.74, 6) is 1.13. The third-order valence-electron chi connectivity index (χ3n) is 4.70. The first-order valence-corrected chi connectivity index (χ1v) is 9.32. The summed E-state index contributed by atoms with van der Waals surface area (Å²) in [4.78, 5) is 29.4. The van der Waals surface area contributed by atoms with Crippen molar-refractivity contribution in [1.29, 1.82) is 0 Å². The van der Waals surface area contributed by atoms with Crippen molar-refractivity contribution in [2.24, 2.45) is 11.1 Å². The van der Waals surface area contributed by atoms with Gasteiger partial charge in [0.2, 0.25) is 5.91 Å². The van der Waals surface area contributed by atoms with E-state index in [2.05, 4.69) is 44.4 Å². The summed E-state index contributed by atoms with van der Waals surface area (Å²) in [6.45, 7) is 9.81. The fourth-order valence-electron chi connectivity index (χ4n) is 3.05. The van der Waals surface area contributed by atoms with Crippen molar-refractivity contribution in [2.75, 3.05) is 0 Å². The summed E-state index contributed by atoms with van der Waals surface area (Å²) in [7, 11) is 0. The van der Waals surface area contributed by atoms with Crippen LogP contribution in [-0.2, 0) is 11.2 Å². The molecule has 3 aromatic heterocycles. The fourth-order valence-corrected chi connectivity index (χ4v) is 3.05. The van der Waals surface area contributed by atoms with E-state index in [1.807, 2.05) is 19.2 Å². The Morgan fingerprint density at radius 3 is 2.68 bits per heavy atom. The molecule has 7 heteroatoms. The summed E-state index contributed by atoms with van der Waals surface area (Å²) in [5.41, 5.74) is 8.40. The largest absolute Gasteiger partial charge is 0.369 e. The summed E-state index contributed by atoms with van der Waals surface area (Å²) >= 11 is 0. The molecule has 0 aliphatic rings. The molecular formula is C21H26N6O. The lowest BCUT2D eigenvalue weighted by Gasteiger charge is -2.14. The zero-order valence-corrected chi connectivity index (χ0v) is 17.0. The molecule has 0 radical (unpaired) electrons. The molecule has 3 rings (SSSR count). The van der Waals surface area contributed by atoms with Crippen LogP contribution in [0.5, 0.6) is 0 Å². The number of amides is 1. The zero-order valence-electron chi connectivity index (χ0n) is 17.0. The lowest BCUT2D eigenvalue weighted by atomic mass is 9.92. The van der Waals surface area contributed by atoms with Crippen molar-refractivity contribution in [3.05, 3.63) is 53.6 Å². The predicted octanol–water partition coefficient (Wildman–Crippen LogP) is 3.23. The van der Waals surface area contributed by atoms with Gasteiger partial charge in [0.25, 0.3) is 0 Å². The Bertz CT molecular complexity index is 1050. The highest BCUT2D eigenvalue weighted by atomic mass is 16.1. The molecule has 0 aromatic carbocycles. The first-order valence-electron chi connectivity index (χ1n) is 9.32. The van der Waals surface area contributed by atoms with Crippen molar-refractivity contribution in [3.8, 4) is 0 Å². The maximum Gasteiger partial charge on any atom is 0.226 e. The monoisotopic (exact) mass is 378 g/mol. The van der Waals surface area contributed by atoms with Gasteiger partial charge in [0.05, 0.1) is 22.8 Å². The molecule has 0 aliphatic heterocycles. The second-order valence-electron chi connectivity index (χ2n) is 7.79. The number of nitrogens with two attached hydrogens (primary N) is 1. The lowest BCUT2D eigenvalue weighted by molar-refractivity contribution is -0.123. The van der Waals surface area contributed by atoms with Gasteiger partial charge in [-0.1, -0.05) is 6.08 Å². The summed E-state index contributed by atoms with van der Waals surface area (Å²) in [6, 6.07) is 4.26. The van der Waals surface area contributed by atoms with Crippen LogP contribution in [-0.4, -0.2) is 30.4 Å². The molecule has 0 bridgehead atoms. The van der Waals surface area contributed by atoms with Gasteiger partial charge in [0, 0.05) is 24.4 Å². The number of carbonyl (C=O) groups excluding carboxylic acids is 1. The molecule has 1 amide bonds. The standard InChI is InChI=1S/C21H26N6O/c1-13(2)27-14(3)25-17-12-24-16(11-18(17)27)10-15-7-9-23-19(26-15)6-8-21(4,5)20(22)28/h6-9,11-13H,10H2,1-5H3,(H2,22,28)/b8-6+. The summed E-state index contributed by atoms with van der Waals surface area (Å²) in [6.07, 6.45) is 7.56. The minimum atomic E-state index is -0.751. The highest BCUT2D eigenvalue weighted by Crippen LogP contribution is 2.22. The molecule has 0 fully saturated rings. The molecule has 0 atom stereocenters. The van der Waals surface area contributed by atoms with Crippen LogP contribution in [0.15, 0.2) is 30.6 Å². The first-order chi connectivity index (χ1) is 13.2. The highest BCUT2D eigenvalue weighted by molar-refractivity contribution is 5.83. The lowest BCUT2D eigenvalue weighted by Crippen LogP contribution is -2.29. The molecule has 7 nitrogen and oxygen atoms in total. The molecular weight excluding hydrogens is 352 g/mol. The molecule has 3 aromatic rings. The van der Waals surface area contributed by atoms with E-state index in [1.54, 1.807) is 32.2 Å². The minimum Gasteiger partial charge on any atom is -0.369 e. The molecule has 2 N–H and O–H groups in total. The van der Waals surface area contributed by atoms with Crippen molar-refractivity contribution >= 4 is 23.0 Å². The maximum atomic E-state index is 11.4. The van der Waals surface area contributed by atoms with E-state index >= 15 is 0 Å². The Hall–Kier alpha value is -3.09. The van der Waals surface area contributed by atoms with E-state index in [0.717, 1.165) is 28.2 Å². The number of hydrogen-bond donors (Lipinski definition) is 1. The minimum absolute atomic E-state index is 0.324. The molecule has 0 spiro atoms. The number of rotatable bonds is 6. The average molecular weight is 378 g/mol. The molecule has 0 unspecified atom stereocenters.